The summed E-state index contributed by atoms with van der Waals surface area (Å²) in [7, 11) is 1.70. The summed E-state index contributed by atoms with van der Waals surface area (Å²) in [5.74, 6) is 0.360. The number of nitrogens with one attached hydrogen (secondary N) is 1. The largest absolute Gasteiger partial charge is 0.359 e. The number of aromatic nitrogens is 3. The van der Waals surface area contributed by atoms with Crippen LogP contribution in [0.3, 0.4) is 0 Å². The Morgan fingerprint density at radius 1 is 1.29 bits per heavy atom. The molecule has 5 nitrogen and oxygen atoms in total. The monoisotopic (exact) mass is 230 g/mol. The molecule has 88 valence electrons. The molecule has 0 amide bonds. The van der Waals surface area contributed by atoms with Gasteiger partial charge in [-0.05, 0) is 24.6 Å². The van der Waals surface area contributed by atoms with Crippen molar-refractivity contribution in [2.24, 2.45) is 7.05 Å². The van der Waals surface area contributed by atoms with Gasteiger partial charge in [-0.2, -0.15) is 0 Å². The van der Waals surface area contributed by atoms with Gasteiger partial charge in [-0.3, -0.25) is 9.78 Å². The number of nitrogens with zero attached hydrogens (tertiary/aromatic N) is 3. The lowest BCUT2D eigenvalue weighted by atomic mass is 10.1. The normalized spacial score (nSPS) is 12.1. The number of rotatable bonds is 3. The number of hydrogen-bond acceptors (Lipinski definition) is 4. The second kappa shape index (κ2) is 4.78. The van der Waals surface area contributed by atoms with Crippen LogP contribution in [0.1, 0.15) is 18.5 Å². The zero-order chi connectivity index (χ0) is 12.3. The minimum Gasteiger partial charge on any atom is -0.359 e. The van der Waals surface area contributed by atoms with Crippen LogP contribution in [0, 0.1) is 0 Å². The Morgan fingerprint density at radius 2 is 2.00 bits per heavy atom. The third kappa shape index (κ3) is 2.50. The maximum Gasteiger partial charge on any atom is 0.293 e. The topological polar surface area (TPSA) is 59.8 Å². The van der Waals surface area contributed by atoms with Crippen molar-refractivity contribution in [1.29, 1.82) is 0 Å². The summed E-state index contributed by atoms with van der Waals surface area (Å²) in [6.45, 7) is 1.98. The SMILES string of the molecule is CC(Nc1nccn(C)c1=O)c1ccncc1. The van der Waals surface area contributed by atoms with E-state index in [1.807, 2.05) is 19.1 Å². The van der Waals surface area contributed by atoms with Gasteiger partial charge in [-0.1, -0.05) is 0 Å². The molecule has 2 heterocycles. The van der Waals surface area contributed by atoms with Crippen molar-refractivity contribution in [3.8, 4) is 0 Å². The highest BCUT2D eigenvalue weighted by atomic mass is 16.1. The van der Waals surface area contributed by atoms with Gasteiger partial charge in [-0.25, -0.2) is 4.98 Å². The van der Waals surface area contributed by atoms with Crippen LogP contribution >= 0.6 is 0 Å². The molecule has 0 spiro atoms. The summed E-state index contributed by atoms with van der Waals surface area (Å²) in [5, 5.41) is 3.10. The van der Waals surface area contributed by atoms with Crippen molar-refractivity contribution in [3.05, 3.63) is 52.8 Å². The molecule has 1 N–H and O–H groups in total. The van der Waals surface area contributed by atoms with Crippen molar-refractivity contribution in [1.82, 2.24) is 14.5 Å². The minimum absolute atomic E-state index is 0.0144. The van der Waals surface area contributed by atoms with Gasteiger partial charge in [0.15, 0.2) is 5.82 Å². The van der Waals surface area contributed by atoms with Gasteiger partial charge in [0.05, 0.1) is 6.04 Å². The molecule has 0 aliphatic carbocycles. The fraction of sp³-hybridized carbons (Fsp3) is 0.250. The van der Waals surface area contributed by atoms with E-state index >= 15 is 0 Å². The van der Waals surface area contributed by atoms with Gasteiger partial charge >= 0.3 is 0 Å². The Balaban J connectivity index is 2.22. The van der Waals surface area contributed by atoms with Crippen molar-refractivity contribution in [3.63, 3.8) is 0 Å². The molecule has 0 fully saturated rings. The minimum atomic E-state index is -0.131. The molecule has 2 aromatic rings. The van der Waals surface area contributed by atoms with E-state index in [1.165, 1.54) is 4.57 Å². The molecule has 0 aromatic carbocycles. The first-order valence-corrected chi connectivity index (χ1v) is 5.36. The Labute approximate surface area is 99.2 Å². The van der Waals surface area contributed by atoms with Crippen LogP contribution in [0.2, 0.25) is 0 Å². The van der Waals surface area contributed by atoms with E-state index in [1.54, 1.807) is 31.8 Å². The molecule has 5 heteroatoms. The zero-order valence-corrected chi connectivity index (χ0v) is 9.79. The van der Waals surface area contributed by atoms with Gasteiger partial charge in [-0.15, -0.1) is 0 Å². The van der Waals surface area contributed by atoms with Gasteiger partial charge in [0.2, 0.25) is 0 Å². The smallest absolute Gasteiger partial charge is 0.293 e. The third-order valence-electron chi connectivity index (χ3n) is 2.58. The molecule has 1 atom stereocenters. The molecule has 2 aromatic heterocycles. The lowest BCUT2D eigenvalue weighted by Gasteiger charge is -2.14. The molecule has 0 radical (unpaired) electrons. The molecule has 0 aliphatic rings. The van der Waals surface area contributed by atoms with Gasteiger partial charge in [0.1, 0.15) is 0 Å². The number of pyridine rings is 1. The van der Waals surface area contributed by atoms with Crippen LogP contribution in [0.25, 0.3) is 0 Å². The van der Waals surface area contributed by atoms with Crippen LogP contribution in [0.5, 0.6) is 0 Å². The number of aryl methyl sites for hydroxylation is 1. The van der Waals surface area contributed by atoms with E-state index in [2.05, 4.69) is 15.3 Å². The highest BCUT2D eigenvalue weighted by Crippen LogP contribution is 2.14. The number of hydrogen-bond donors (Lipinski definition) is 1. The summed E-state index contributed by atoms with van der Waals surface area (Å²) in [4.78, 5) is 19.8. The van der Waals surface area contributed by atoms with Crippen molar-refractivity contribution in [2.75, 3.05) is 5.32 Å². The summed E-state index contributed by atoms with van der Waals surface area (Å²) in [6.07, 6.45) is 6.68. The predicted octanol–water partition coefficient (Wildman–Crippen LogP) is 1.35. The zero-order valence-electron chi connectivity index (χ0n) is 9.79. The molecule has 0 saturated carbocycles. The second-order valence-corrected chi connectivity index (χ2v) is 3.84. The first-order chi connectivity index (χ1) is 8.18. The third-order valence-corrected chi connectivity index (χ3v) is 2.58. The van der Waals surface area contributed by atoms with Crippen molar-refractivity contribution < 1.29 is 0 Å². The summed E-state index contributed by atoms with van der Waals surface area (Å²) < 4.78 is 1.49. The van der Waals surface area contributed by atoms with Crippen LogP contribution < -0.4 is 10.9 Å². The Morgan fingerprint density at radius 3 is 2.71 bits per heavy atom. The quantitative estimate of drug-likeness (QED) is 0.864. The Kier molecular flexibility index (Phi) is 3.18. The van der Waals surface area contributed by atoms with Crippen LogP contribution in [0.15, 0.2) is 41.7 Å². The van der Waals surface area contributed by atoms with Crippen LogP contribution in [-0.2, 0) is 7.05 Å². The molecule has 0 bridgehead atoms. The second-order valence-electron chi connectivity index (χ2n) is 3.84. The van der Waals surface area contributed by atoms with Gasteiger partial charge in [0, 0.05) is 31.8 Å². The fourth-order valence-electron chi connectivity index (χ4n) is 1.54. The standard InChI is InChI=1S/C12H14N4O/c1-9(10-3-5-13-6-4-10)15-11-12(17)16(2)8-7-14-11/h3-9H,1-2H3,(H,14,15). The number of anilines is 1. The first kappa shape index (κ1) is 11.3. The Bertz CT molecular complexity index is 550. The summed E-state index contributed by atoms with van der Waals surface area (Å²) in [5.41, 5.74) is 0.932. The molecule has 1 unspecified atom stereocenters. The average molecular weight is 230 g/mol. The highest BCUT2D eigenvalue weighted by molar-refractivity contribution is 5.35. The van der Waals surface area contributed by atoms with E-state index < -0.39 is 0 Å². The molecule has 0 aliphatic heterocycles. The predicted molar refractivity (Wildman–Crippen MR) is 65.8 cm³/mol. The van der Waals surface area contributed by atoms with Crippen molar-refractivity contribution >= 4 is 5.82 Å². The van der Waals surface area contributed by atoms with Crippen molar-refractivity contribution in [2.45, 2.75) is 13.0 Å². The molecule has 2 rings (SSSR count). The van der Waals surface area contributed by atoms with E-state index in [-0.39, 0.29) is 11.6 Å². The molecular formula is C12H14N4O. The van der Waals surface area contributed by atoms with Crippen LogP contribution in [0.4, 0.5) is 5.82 Å². The molecule has 17 heavy (non-hydrogen) atoms. The van der Waals surface area contributed by atoms with E-state index in [0.717, 1.165) is 5.56 Å². The molecule has 0 saturated heterocycles. The maximum atomic E-state index is 11.8. The fourth-order valence-corrected chi connectivity index (χ4v) is 1.54. The van der Waals surface area contributed by atoms with E-state index in [4.69, 9.17) is 0 Å². The van der Waals surface area contributed by atoms with Gasteiger partial charge in [0.25, 0.3) is 5.56 Å². The summed E-state index contributed by atoms with van der Waals surface area (Å²) >= 11 is 0. The average Bonchev–Trinajstić information content (AvgIpc) is 2.36. The van der Waals surface area contributed by atoms with E-state index in [9.17, 15) is 4.79 Å². The first-order valence-electron chi connectivity index (χ1n) is 5.36. The Hall–Kier alpha value is -2.17. The molecular weight excluding hydrogens is 216 g/mol. The highest BCUT2D eigenvalue weighted by Gasteiger charge is 2.08. The maximum absolute atomic E-state index is 11.8. The lowest BCUT2D eigenvalue weighted by Crippen LogP contribution is -2.23. The van der Waals surface area contributed by atoms with Crippen LogP contribution in [-0.4, -0.2) is 14.5 Å². The van der Waals surface area contributed by atoms with Gasteiger partial charge < -0.3 is 9.88 Å². The lowest BCUT2D eigenvalue weighted by molar-refractivity contribution is 0.812. The summed E-state index contributed by atoms with van der Waals surface area (Å²) in [6, 6.07) is 3.83. The van der Waals surface area contributed by atoms with E-state index in [0.29, 0.717) is 5.82 Å².